The van der Waals surface area contributed by atoms with Crippen molar-refractivity contribution >= 4 is 17.5 Å². The van der Waals surface area contributed by atoms with E-state index in [4.69, 9.17) is 11.6 Å². The van der Waals surface area contributed by atoms with Crippen LogP contribution in [0.15, 0.2) is 29.1 Å². The zero-order chi connectivity index (χ0) is 19.1. The number of hydrogen-bond acceptors (Lipinski definition) is 3. The van der Waals surface area contributed by atoms with Crippen molar-refractivity contribution in [1.29, 1.82) is 0 Å². The summed E-state index contributed by atoms with van der Waals surface area (Å²) in [6.07, 6.45) is -4.00. The summed E-state index contributed by atoms with van der Waals surface area (Å²) in [6.45, 7) is 0.640. The van der Waals surface area contributed by atoms with Crippen LogP contribution in [0.3, 0.4) is 0 Å². The Bertz CT molecular complexity index is 882. The van der Waals surface area contributed by atoms with E-state index >= 15 is 0 Å². The molecule has 0 atom stereocenters. The Hall–Kier alpha value is -2.29. The molecule has 0 radical (unpaired) electrons. The molecule has 0 saturated carbocycles. The summed E-state index contributed by atoms with van der Waals surface area (Å²) in [7, 11) is 1.05. The second kappa shape index (κ2) is 6.79. The van der Waals surface area contributed by atoms with Crippen molar-refractivity contribution in [3.8, 4) is 0 Å². The van der Waals surface area contributed by atoms with Crippen molar-refractivity contribution in [2.24, 2.45) is 7.05 Å². The molecule has 1 aromatic carbocycles. The molecule has 2 aromatic rings. The molecule has 26 heavy (non-hydrogen) atoms. The van der Waals surface area contributed by atoms with Gasteiger partial charge in [-0.3, -0.25) is 9.36 Å². The van der Waals surface area contributed by atoms with E-state index in [0.29, 0.717) is 41.1 Å². The molecule has 1 aromatic heterocycles. The number of nitrogens with zero attached hydrogens (tertiary/aromatic N) is 4. The number of hydrogen-bond donors (Lipinski definition) is 0. The van der Waals surface area contributed by atoms with Gasteiger partial charge in [0, 0.05) is 30.7 Å². The van der Waals surface area contributed by atoms with E-state index in [1.54, 1.807) is 29.2 Å². The Kier molecular flexibility index (Phi) is 4.83. The van der Waals surface area contributed by atoms with Gasteiger partial charge >= 0.3 is 11.9 Å². The number of carbonyl (C=O) groups excluding carboxylic acids is 1. The Morgan fingerprint density at radius 2 is 1.92 bits per heavy atom. The summed E-state index contributed by atoms with van der Waals surface area (Å²) in [6, 6.07) is 6.08. The summed E-state index contributed by atoms with van der Waals surface area (Å²) in [5.41, 5.74) is -0.359. The molecule has 0 unspecified atom stereocenters. The first-order valence-electron chi connectivity index (χ1n) is 7.96. The second-order valence-electron chi connectivity index (χ2n) is 6.14. The van der Waals surface area contributed by atoms with Crippen LogP contribution in [0, 0.1) is 0 Å². The molecule has 1 amide bonds. The minimum absolute atomic E-state index is 0.199. The molecular weight excluding hydrogens is 373 g/mol. The van der Waals surface area contributed by atoms with Crippen LogP contribution in [0.1, 0.15) is 35.1 Å². The maximum Gasteiger partial charge on any atom is 0.451 e. The molecule has 140 valence electrons. The molecule has 1 aliphatic heterocycles. The monoisotopic (exact) mass is 388 g/mol. The van der Waals surface area contributed by atoms with Gasteiger partial charge in [0.2, 0.25) is 5.82 Å². The highest BCUT2D eigenvalue weighted by molar-refractivity contribution is 6.30. The van der Waals surface area contributed by atoms with Crippen molar-refractivity contribution in [3.05, 3.63) is 51.2 Å². The fourth-order valence-corrected chi connectivity index (χ4v) is 3.25. The third-order valence-electron chi connectivity index (χ3n) is 4.43. The van der Waals surface area contributed by atoms with Crippen LogP contribution < -0.4 is 5.69 Å². The van der Waals surface area contributed by atoms with Crippen LogP contribution in [0.2, 0.25) is 5.02 Å². The molecule has 2 heterocycles. The number of piperidine rings is 1. The van der Waals surface area contributed by atoms with Gasteiger partial charge in [0.15, 0.2) is 0 Å². The summed E-state index contributed by atoms with van der Waals surface area (Å²) in [4.78, 5) is 26.2. The smallest absolute Gasteiger partial charge is 0.338 e. The second-order valence-corrected chi connectivity index (χ2v) is 6.58. The Balaban J connectivity index is 1.73. The summed E-state index contributed by atoms with van der Waals surface area (Å²) in [5, 5.41) is 3.91. The predicted molar refractivity (Wildman–Crippen MR) is 88.1 cm³/mol. The van der Waals surface area contributed by atoms with Gasteiger partial charge in [0.25, 0.3) is 5.91 Å². The van der Waals surface area contributed by atoms with Crippen LogP contribution >= 0.6 is 11.6 Å². The summed E-state index contributed by atoms with van der Waals surface area (Å²) < 4.78 is 40.1. The number of aromatic nitrogens is 3. The first kappa shape index (κ1) is 18.5. The van der Waals surface area contributed by atoms with Crippen LogP contribution in [0.25, 0.3) is 0 Å². The van der Waals surface area contributed by atoms with Crippen molar-refractivity contribution in [2.75, 3.05) is 13.1 Å². The first-order valence-corrected chi connectivity index (χ1v) is 8.34. The first-order chi connectivity index (χ1) is 12.2. The highest BCUT2D eigenvalue weighted by Gasteiger charge is 2.39. The molecule has 3 rings (SSSR count). The van der Waals surface area contributed by atoms with Crippen LogP contribution in [-0.2, 0) is 13.2 Å². The predicted octanol–water partition coefficient (Wildman–Crippen LogP) is 2.73. The number of amides is 1. The Morgan fingerprint density at radius 1 is 1.27 bits per heavy atom. The fraction of sp³-hybridized carbons (Fsp3) is 0.438. The summed E-state index contributed by atoms with van der Waals surface area (Å²) >= 11 is 5.89. The normalized spacial score (nSPS) is 16.1. The van der Waals surface area contributed by atoms with E-state index in [2.05, 4.69) is 5.10 Å². The molecule has 10 heteroatoms. The number of halogens is 4. The lowest BCUT2D eigenvalue weighted by Gasteiger charge is -2.31. The van der Waals surface area contributed by atoms with Crippen molar-refractivity contribution in [1.82, 2.24) is 19.2 Å². The number of likely N-dealkylation sites (tertiary alicyclic amines) is 1. The van der Waals surface area contributed by atoms with Gasteiger partial charge in [-0.1, -0.05) is 17.7 Å². The standard InChI is InChI=1S/C16H16ClF3N4O2/c1-22-14(16(18,19)20)21-24(15(22)26)12-5-7-23(8-6-12)13(25)10-3-2-4-11(17)9-10/h2-4,9,12H,5-8H2,1H3. The molecule has 6 nitrogen and oxygen atoms in total. The Morgan fingerprint density at radius 3 is 2.46 bits per heavy atom. The Labute approximate surface area is 151 Å². The zero-order valence-corrected chi connectivity index (χ0v) is 14.6. The highest BCUT2D eigenvalue weighted by atomic mass is 35.5. The molecule has 1 saturated heterocycles. The minimum atomic E-state index is -4.69. The molecule has 0 spiro atoms. The van der Waals surface area contributed by atoms with Gasteiger partial charge in [-0.25, -0.2) is 9.48 Å². The van der Waals surface area contributed by atoms with E-state index in [9.17, 15) is 22.8 Å². The van der Waals surface area contributed by atoms with Gasteiger partial charge < -0.3 is 4.90 Å². The lowest BCUT2D eigenvalue weighted by atomic mass is 10.0. The largest absolute Gasteiger partial charge is 0.451 e. The molecule has 0 bridgehead atoms. The van der Waals surface area contributed by atoms with Crippen LogP contribution in [-0.4, -0.2) is 38.2 Å². The average Bonchev–Trinajstić information content (AvgIpc) is 2.90. The van der Waals surface area contributed by atoms with Gasteiger partial charge in [0.05, 0.1) is 6.04 Å². The van der Waals surface area contributed by atoms with Crippen LogP contribution in [0.5, 0.6) is 0 Å². The van der Waals surface area contributed by atoms with E-state index < -0.39 is 23.7 Å². The van der Waals surface area contributed by atoms with Crippen LogP contribution in [0.4, 0.5) is 13.2 Å². The fourth-order valence-electron chi connectivity index (χ4n) is 3.06. The summed E-state index contributed by atoms with van der Waals surface area (Å²) in [5.74, 6) is -1.42. The van der Waals surface area contributed by atoms with Gasteiger partial charge in [0.1, 0.15) is 0 Å². The quantitative estimate of drug-likeness (QED) is 0.794. The number of alkyl halides is 3. The molecule has 0 aliphatic carbocycles. The number of benzene rings is 1. The van der Waals surface area contributed by atoms with E-state index in [1.165, 1.54) is 0 Å². The third-order valence-corrected chi connectivity index (χ3v) is 4.66. The van der Waals surface area contributed by atoms with E-state index in [-0.39, 0.29) is 5.91 Å². The number of rotatable bonds is 2. The molecule has 0 N–H and O–H groups in total. The zero-order valence-electron chi connectivity index (χ0n) is 13.8. The molecule has 1 fully saturated rings. The van der Waals surface area contributed by atoms with E-state index in [0.717, 1.165) is 11.7 Å². The van der Waals surface area contributed by atoms with Gasteiger partial charge in [-0.05, 0) is 31.0 Å². The van der Waals surface area contributed by atoms with E-state index in [1.807, 2.05) is 0 Å². The average molecular weight is 389 g/mol. The highest BCUT2D eigenvalue weighted by Crippen LogP contribution is 2.28. The van der Waals surface area contributed by atoms with Crippen molar-refractivity contribution in [2.45, 2.75) is 25.1 Å². The van der Waals surface area contributed by atoms with Gasteiger partial charge in [-0.15, -0.1) is 5.10 Å². The maximum atomic E-state index is 12.9. The van der Waals surface area contributed by atoms with Gasteiger partial charge in [-0.2, -0.15) is 13.2 Å². The third kappa shape index (κ3) is 3.48. The van der Waals surface area contributed by atoms with Crippen molar-refractivity contribution < 1.29 is 18.0 Å². The number of carbonyl (C=O) groups is 1. The topological polar surface area (TPSA) is 60.1 Å². The lowest BCUT2D eigenvalue weighted by molar-refractivity contribution is -0.147. The minimum Gasteiger partial charge on any atom is -0.338 e. The molecular formula is C16H16ClF3N4O2. The molecule has 1 aliphatic rings. The maximum absolute atomic E-state index is 12.9. The SMILES string of the molecule is Cn1c(C(F)(F)F)nn(C2CCN(C(=O)c3cccc(Cl)c3)CC2)c1=O. The van der Waals surface area contributed by atoms with Crippen molar-refractivity contribution in [3.63, 3.8) is 0 Å². The lowest BCUT2D eigenvalue weighted by Crippen LogP contribution is -2.41.